The lowest BCUT2D eigenvalue weighted by Crippen LogP contribution is -2.17. The highest BCUT2D eigenvalue weighted by molar-refractivity contribution is 5.83. The maximum Gasteiger partial charge on any atom is 0.0753 e. The van der Waals surface area contributed by atoms with Gasteiger partial charge in [0.05, 0.1) is 12.6 Å². The van der Waals surface area contributed by atoms with E-state index >= 15 is 0 Å². The predicted octanol–water partition coefficient (Wildman–Crippen LogP) is 1.73. The van der Waals surface area contributed by atoms with Crippen LogP contribution in [-0.2, 0) is 0 Å². The van der Waals surface area contributed by atoms with E-state index in [1.54, 1.807) is 6.21 Å². The lowest BCUT2D eigenvalue weighted by molar-refractivity contribution is 0.240. The molecule has 0 spiro atoms. The van der Waals surface area contributed by atoms with Gasteiger partial charge in [-0.2, -0.15) is 0 Å². The molecule has 0 radical (unpaired) electrons. The lowest BCUT2D eigenvalue weighted by Gasteiger charge is -2.12. The van der Waals surface area contributed by atoms with Crippen LogP contribution >= 0.6 is 0 Å². The van der Waals surface area contributed by atoms with Gasteiger partial charge in [-0.15, -0.1) is 5.73 Å². The largest absolute Gasteiger partial charge is 0.394 e. The second-order valence-corrected chi connectivity index (χ2v) is 3.40. The van der Waals surface area contributed by atoms with Crippen molar-refractivity contribution in [3.05, 3.63) is 29.5 Å². The van der Waals surface area contributed by atoms with Crippen molar-refractivity contribution in [1.82, 2.24) is 0 Å². The van der Waals surface area contributed by atoms with Gasteiger partial charge in [0.2, 0.25) is 0 Å². The summed E-state index contributed by atoms with van der Waals surface area (Å²) in [7, 11) is 0. The molecule has 70 valence electrons. The van der Waals surface area contributed by atoms with Crippen LogP contribution in [0.5, 0.6) is 0 Å². The molecule has 0 saturated heterocycles. The second kappa shape index (κ2) is 4.80. The highest BCUT2D eigenvalue weighted by Crippen LogP contribution is 2.06. The molecule has 1 N–H and O–H groups in total. The molecule has 1 rings (SSSR count). The van der Waals surface area contributed by atoms with Gasteiger partial charge in [0.15, 0.2) is 0 Å². The molecular weight excluding hydrogens is 162 g/mol. The number of aliphatic imine (C=N–C) groups is 1. The van der Waals surface area contributed by atoms with E-state index in [2.05, 4.69) is 10.7 Å². The molecule has 13 heavy (non-hydrogen) atoms. The zero-order chi connectivity index (χ0) is 9.68. The van der Waals surface area contributed by atoms with Gasteiger partial charge < -0.3 is 5.11 Å². The average molecular weight is 177 g/mol. The van der Waals surface area contributed by atoms with Gasteiger partial charge in [-0.25, -0.2) is 0 Å². The summed E-state index contributed by atoms with van der Waals surface area (Å²) >= 11 is 0. The van der Waals surface area contributed by atoms with Crippen LogP contribution in [0.4, 0.5) is 0 Å². The molecule has 0 saturated carbocycles. The molecule has 1 aliphatic rings. The summed E-state index contributed by atoms with van der Waals surface area (Å²) < 4.78 is 0. The summed E-state index contributed by atoms with van der Waals surface area (Å²) in [5.41, 5.74) is 4.00. The molecule has 0 bridgehead atoms. The number of aliphatic hydroxyl groups excluding tert-OH is 1. The number of nitrogens with zero attached hydrogens (tertiary/aromatic N) is 1. The molecule has 0 aliphatic heterocycles. The summed E-state index contributed by atoms with van der Waals surface area (Å²) in [6.45, 7) is 4.20. The lowest BCUT2D eigenvalue weighted by atomic mass is 10.1. The maximum atomic E-state index is 9.00. The van der Waals surface area contributed by atoms with Crippen LogP contribution in [0.25, 0.3) is 0 Å². The second-order valence-electron chi connectivity index (χ2n) is 3.40. The first-order chi connectivity index (χ1) is 6.24. The van der Waals surface area contributed by atoms with Crippen LogP contribution in [-0.4, -0.2) is 24.0 Å². The van der Waals surface area contributed by atoms with Gasteiger partial charge in [0.25, 0.3) is 0 Å². The molecule has 0 aromatic carbocycles. The Morgan fingerprint density at radius 3 is 2.85 bits per heavy atom. The maximum absolute atomic E-state index is 9.00. The number of hydrogen-bond acceptors (Lipinski definition) is 2. The first-order valence-corrected chi connectivity index (χ1v) is 4.51. The van der Waals surface area contributed by atoms with Crippen molar-refractivity contribution in [2.24, 2.45) is 10.9 Å². The molecule has 1 aliphatic carbocycles. The highest BCUT2D eigenvalue weighted by Gasteiger charge is 2.08. The van der Waals surface area contributed by atoms with E-state index in [0.717, 1.165) is 5.57 Å². The summed E-state index contributed by atoms with van der Waals surface area (Å²) in [6, 6.07) is 0.00306. The van der Waals surface area contributed by atoms with Gasteiger partial charge in [-0.1, -0.05) is 19.9 Å². The van der Waals surface area contributed by atoms with Crippen molar-refractivity contribution in [3.63, 3.8) is 0 Å². The Hall–Kier alpha value is -1.11. The van der Waals surface area contributed by atoms with Crippen molar-refractivity contribution >= 4 is 6.21 Å². The number of rotatable bonds is 4. The van der Waals surface area contributed by atoms with Crippen LogP contribution in [0.2, 0.25) is 0 Å². The Kier molecular flexibility index (Phi) is 3.69. The molecule has 0 amide bonds. The van der Waals surface area contributed by atoms with Crippen molar-refractivity contribution < 1.29 is 5.11 Å². The Bertz CT molecular complexity index is 280. The fraction of sp³-hybridized carbons (Fsp3) is 0.455. The zero-order valence-corrected chi connectivity index (χ0v) is 8.07. The summed E-state index contributed by atoms with van der Waals surface area (Å²) in [4.78, 5) is 4.28. The molecule has 1 atom stereocenters. The van der Waals surface area contributed by atoms with Crippen LogP contribution < -0.4 is 0 Å². The zero-order valence-electron chi connectivity index (χ0n) is 8.07. The Balaban J connectivity index is 2.55. The Morgan fingerprint density at radius 2 is 2.38 bits per heavy atom. The number of aliphatic hydroxyl groups is 1. The van der Waals surface area contributed by atoms with Crippen molar-refractivity contribution in [2.75, 3.05) is 6.61 Å². The van der Waals surface area contributed by atoms with Gasteiger partial charge in [0.1, 0.15) is 0 Å². The molecule has 0 aromatic heterocycles. The average Bonchev–Trinajstić information content (AvgIpc) is 2.57. The van der Waals surface area contributed by atoms with E-state index in [4.69, 9.17) is 5.11 Å². The molecule has 2 heteroatoms. The Labute approximate surface area is 79.0 Å². The van der Waals surface area contributed by atoms with E-state index in [0.29, 0.717) is 5.92 Å². The summed E-state index contributed by atoms with van der Waals surface area (Å²) in [5.74, 6) is 0.371. The topological polar surface area (TPSA) is 32.6 Å². The standard InChI is InChI=1S/C11H15NO/c1-9(2)11(8-13)12-7-10-5-3-4-6-10/h3-5,7,9,11,13H,8H2,1-2H3/t11-/m1/s1. The minimum atomic E-state index is 0.00306. The minimum Gasteiger partial charge on any atom is -0.394 e. The quantitative estimate of drug-likeness (QED) is 0.514. The van der Waals surface area contributed by atoms with Crippen molar-refractivity contribution in [3.8, 4) is 0 Å². The molecule has 0 aromatic rings. The smallest absolute Gasteiger partial charge is 0.0753 e. The highest BCUT2D eigenvalue weighted by atomic mass is 16.3. The fourth-order valence-electron chi connectivity index (χ4n) is 1.03. The molecule has 0 heterocycles. The minimum absolute atomic E-state index is 0.00306. The van der Waals surface area contributed by atoms with Crippen molar-refractivity contribution in [1.29, 1.82) is 0 Å². The monoisotopic (exact) mass is 177 g/mol. The van der Waals surface area contributed by atoms with Crippen LogP contribution in [0.3, 0.4) is 0 Å². The van der Waals surface area contributed by atoms with Crippen LogP contribution in [0.15, 0.2) is 34.5 Å². The third kappa shape index (κ3) is 3.02. The third-order valence-electron chi connectivity index (χ3n) is 1.98. The first-order valence-electron chi connectivity index (χ1n) is 4.51. The van der Waals surface area contributed by atoms with E-state index < -0.39 is 0 Å². The van der Waals surface area contributed by atoms with Crippen LogP contribution in [0, 0.1) is 5.92 Å². The van der Waals surface area contributed by atoms with E-state index in [9.17, 15) is 0 Å². The first kappa shape index (κ1) is 9.97. The van der Waals surface area contributed by atoms with Gasteiger partial charge in [-0.05, 0) is 18.1 Å². The molecule has 0 unspecified atom stereocenters. The summed E-state index contributed by atoms with van der Waals surface area (Å²) in [6.07, 6.45) is 7.48. The van der Waals surface area contributed by atoms with Crippen LogP contribution in [0.1, 0.15) is 13.8 Å². The van der Waals surface area contributed by atoms with Gasteiger partial charge in [-0.3, -0.25) is 4.99 Å². The molecule has 2 nitrogen and oxygen atoms in total. The number of hydrogen-bond donors (Lipinski definition) is 1. The van der Waals surface area contributed by atoms with Crippen molar-refractivity contribution in [2.45, 2.75) is 19.9 Å². The third-order valence-corrected chi connectivity index (χ3v) is 1.98. The summed E-state index contributed by atoms with van der Waals surface area (Å²) in [5, 5.41) is 9.00. The van der Waals surface area contributed by atoms with E-state index in [1.807, 2.05) is 32.1 Å². The Morgan fingerprint density at radius 1 is 1.62 bits per heavy atom. The SMILES string of the molecule is CC(C)[C@@H](CO)N=CC1=C=CC=C1. The van der Waals surface area contributed by atoms with Gasteiger partial charge >= 0.3 is 0 Å². The normalized spacial score (nSPS) is 17.4. The van der Waals surface area contributed by atoms with E-state index in [1.165, 1.54) is 0 Å². The van der Waals surface area contributed by atoms with E-state index in [-0.39, 0.29) is 12.6 Å². The molecular formula is C11H15NO. The number of allylic oxidation sites excluding steroid dienone is 3. The molecule has 0 fully saturated rings. The fourth-order valence-corrected chi connectivity index (χ4v) is 1.03. The predicted molar refractivity (Wildman–Crippen MR) is 54.9 cm³/mol. The van der Waals surface area contributed by atoms with Gasteiger partial charge in [0, 0.05) is 11.8 Å².